The van der Waals surface area contributed by atoms with Crippen LogP contribution < -0.4 is 5.32 Å². The van der Waals surface area contributed by atoms with E-state index < -0.39 is 12.0 Å². The lowest BCUT2D eigenvalue weighted by atomic mass is 9.83. The van der Waals surface area contributed by atoms with Crippen molar-refractivity contribution >= 4 is 12.0 Å². The minimum atomic E-state index is -0.972. The number of carbonyl (C=O) groups excluding carboxylic acids is 1. The molecule has 0 radical (unpaired) electrons. The van der Waals surface area contributed by atoms with E-state index in [4.69, 9.17) is 0 Å². The second-order valence-corrected chi connectivity index (χ2v) is 6.83. The third kappa shape index (κ3) is 4.76. The molecule has 1 aliphatic heterocycles. The van der Waals surface area contributed by atoms with Crippen LogP contribution >= 0.6 is 0 Å². The van der Waals surface area contributed by atoms with Gasteiger partial charge in [0.15, 0.2) is 0 Å². The summed E-state index contributed by atoms with van der Waals surface area (Å²) in [5.41, 5.74) is 1.48. The molecule has 1 rings (SSSR count). The van der Waals surface area contributed by atoms with Gasteiger partial charge in [0.2, 0.25) is 0 Å². The quantitative estimate of drug-likeness (QED) is 0.784. The molecule has 0 unspecified atom stereocenters. The molecular formula is C16H28N2O3. The second-order valence-electron chi connectivity index (χ2n) is 6.83. The average Bonchev–Trinajstić information content (AvgIpc) is 2.42. The summed E-state index contributed by atoms with van der Waals surface area (Å²) in [6.07, 6.45) is 3.64. The molecule has 0 saturated carbocycles. The molecule has 0 aromatic rings. The fraction of sp³-hybridized carbons (Fsp3) is 0.750. The number of carbonyl (C=O) groups is 2. The Balaban J connectivity index is 2.65. The highest BCUT2D eigenvalue weighted by Crippen LogP contribution is 2.30. The van der Waals surface area contributed by atoms with Crippen LogP contribution in [-0.2, 0) is 4.79 Å². The molecule has 0 aromatic heterocycles. The van der Waals surface area contributed by atoms with Gasteiger partial charge < -0.3 is 15.3 Å². The Morgan fingerprint density at radius 3 is 2.43 bits per heavy atom. The van der Waals surface area contributed by atoms with E-state index in [2.05, 4.69) is 32.2 Å². The molecule has 0 fully saturated rings. The molecule has 21 heavy (non-hydrogen) atoms. The van der Waals surface area contributed by atoms with Crippen LogP contribution in [0.15, 0.2) is 11.6 Å². The van der Waals surface area contributed by atoms with Gasteiger partial charge in [-0.15, -0.1) is 0 Å². The number of hydrogen-bond acceptors (Lipinski definition) is 2. The van der Waals surface area contributed by atoms with Crippen molar-refractivity contribution < 1.29 is 14.7 Å². The first kappa shape index (κ1) is 17.5. The number of amides is 2. The average molecular weight is 296 g/mol. The van der Waals surface area contributed by atoms with Gasteiger partial charge in [0.05, 0.1) is 0 Å². The Morgan fingerprint density at radius 1 is 1.43 bits per heavy atom. The predicted molar refractivity (Wildman–Crippen MR) is 83.1 cm³/mol. The number of nitrogens with zero attached hydrogens (tertiary/aromatic N) is 1. The largest absolute Gasteiger partial charge is 0.480 e. The van der Waals surface area contributed by atoms with Gasteiger partial charge in [-0.1, -0.05) is 52.7 Å². The minimum Gasteiger partial charge on any atom is -0.480 e. The summed E-state index contributed by atoms with van der Waals surface area (Å²) in [6.45, 7) is 11.4. The summed E-state index contributed by atoms with van der Waals surface area (Å²) < 4.78 is 0. The molecular weight excluding hydrogens is 268 g/mol. The lowest BCUT2D eigenvalue weighted by Gasteiger charge is -2.33. The maximum Gasteiger partial charge on any atom is 0.326 e. The minimum absolute atomic E-state index is 0.0862. The first-order chi connectivity index (χ1) is 9.66. The van der Waals surface area contributed by atoms with Gasteiger partial charge >= 0.3 is 12.0 Å². The number of hydrogen-bond donors (Lipinski definition) is 2. The van der Waals surface area contributed by atoms with Crippen LogP contribution in [0.25, 0.3) is 0 Å². The first-order valence-electron chi connectivity index (χ1n) is 7.64. The molecule has 2 atom stereocenters. The Bertz CT molecular complexity index is 424. The SMILES string of the molecule is CC[C@H](C)[C@H](NC(=O)N1CC=C(C(C)(C)C)CC1)C(=O)O. The number of nitrogens with one attached hydrogen (secondary N) is 1. The molecule has 0 spiro atoms. The Morgan fingerprint density at radius 2 is 2.05 bits per heavy atom. The highest BCUT2D eigenvalue weighted by Gasteiger charge is 2.29. The fourth-order valence-electron chi connectivity index (χ4n) is 2.44. The van der Waals surface area contributed by atoms with Gasteiger partial charge in [-0.05, 0) is 17.8 Å². The zero-order chi connectivity index (χ0) is 16.2. The summed E-state index contributed by atoms with van der Waals surface area (Å²) in [5.74, 6) is -1.06. The highest BCUT2D eigenvalue weighted by molar-refractivity contribution is 5.83. The van der Waals surface area contributed by atoms with Crippen molar-refractivity contribution in [3.8, 4) is 0 Å². The molecule has 120 valence electrons. The maximum atomic E-state index is 12.2. The molecule has 5 heteroatoms. The number of carboxylic acid groups (broad SMARTS) is 1. The lowest BCUT2D eigenvalue weighted by molar-refractivity contribution is -0.140. The molecule has 0 bridgehead atoms. The monoisotopic (exact) mass is 296 g/mol. The van der Waals surface area contributed by atoms with Crippen LogP contribution in [0.2, 0.25) is 0 Å². The van der Waals surface area contributed by atoms with Crippen LogP contribution in [-0.4, -0.2) is 41.1 Å². The van der Waals surface area contributed by atoms with Gasteiger partial charge in [-0.25, -0.2) is 9.59 Å². The second kappa shape index (κ2) is 6.96. The molecule has 2 amide bonds. The third-order valence-corrected chi connectivity index (χ3v) is 4.22. The predicted octanol–water partition coefficient (Wildman–Crippen LogP) is 2.87. The summed E-state index contributed by atoms with van der Waals surface area (Å²) in [5, 5.41) is 11.9. The summed E-state index contributed by atoms with van der Waals surface area (Å²) in [6, 6.07) is -1.11. The van der Waals surface area contributed by atoms with Gasteiger partial charge in [0.1, 0.15) is 6.04 Å². The van der Waals surface area contributed by atoms with Gasteiger partial charge in [-0.2, -0.15) is 0 Å². The van der Waals surface area contributed by atoms with E-state index in [-0.39, 0.29) is 17.4 Å². The van der Waals surface area contributed by atoms with E-state index >= 15 is 0 Å². The zero-order valence-electron chi connectivity index (χ0n) is 13.8. The van der Waals surface area contributed by atoms with Crippen molar-refractivity contribution in [1.82, 2.24) is 10.2 Å². The van der Waals surface area contributed by atoms with Crippen LogP contribution in [0, 0.1) is 11.3 Å². The number of carboxylic acids is 1. The van der Waals surface area contributed by atoms with E-state index in [1.54, 1.807) is 4.90 Å². The summed E-state index contributed by atoms with van der Waals surface area (Å²) in [7, 11) is 0. The van der Waals surface area contributed by atoms with Crippen LogP contribution in [0.5, 0.6) is 0 Å². The van der Waals surface area contributed by atoms with Crippen molar-refractivity contribution in [1.29, 1.82) is 0 Å². The molecule has 1 heterocycles. The van der Waals surface area contributed by atoms with E-state index in [1.165, 1.54) is 5.57 Å². The van der Waals surface area contributed by atoms with Crippen molar-refractivity contribution in [2.45, 2.75) is 53.5 Å². The van der Waals surface area contributed by atoms with Crippen molar-refractivity contribution in [3.05, 3.63) is 11.6 Å². The zero-order valence-corrected chi connectivity index (χ0v) is 13.8. The topological polar surface area (TPSA) is 69.6 Å². The van der Waals surface area contributed by atoms with Gasteiger partial charge in [-0.3, -0.25) is 0 Å². The molecule has 5 nitrogen and oxygen atoms in total. The van der Waals surface area contributed by atoms with Crippen molar-refractivity contribution in [3.63, 3.8) is 0 Å². The highest BCUT2D eigenvalue weighted by atomic mass is 16.4. The summed E-state index contributed by atoms with van der Waals surface area (Å²) in [4.78, 5) is 25.1. The number of aliphatic carboxylic acids is 1. The Labute approximate surface area is 127 Å². The van der Waals surface area contributed by atoms with Gasteiger partial charge in [0, 0.05) is 13.1 Å². The van der Waals surface area contributed by atoms with E-state index in [0.29, 0.717) is 19.5 Å². The molecule has 0 saturated heterocycles. The molecule has 0 aliphatic carbocycles. The number of urea groups is 1. The van der Waals surface area contributed by atoms with Crippen LogP contribution in [0.3, 0.4) is 0 Å². The van der Waals surface area contributed by atoms with Crippen molar-refractivity contribution in [2.75, 3.05) is 13.1 Å². The lowest BCUT2D eigenvalue weighted by Crippen LogP contribution is -2.51. The first-order valence-corrected chi connectivity index (χ1v) is 7.64. The fourth-order valence-corrected chi connectivity index (χ4v) is 2.44. The normalized spacial score (nSPS) is 18.7. The third-order valence-electron chi connectivity index (χ3n) is 4.22. The van der Waals surface area contributed by atoms with Crippen LogP contribution in [0.4, 0.5) is 4.79 Å². The summed E-state index contributed by atoms with van der Waals surface area (Å²) >= 11 is 0. The Kier molecular flexibility index (Phi) is 5.81. The van der Waals surface area contributed by atoms with E-state index in [1.807, 2.05) is 13.8 Å². The van der Waals surface area contributed by atoms with E-state index in [0.717, 1.165) is 6.42 Å². The Hall–Kier alpha value is -1.52. The smallest absolute Gasteiger partial charge is 0.326 e. The molecule has 0 aromatic carbocycles. The van der Waals surface area contributed by atoms with E-state index in [9.17, 15) is 14.7 Å². The molecule has 2 N–H and O–H groups in total. The van der Waals surface area contributed by atoms with Gasteiger partial charge in [0.25, 0.3) is 0 Å². The van der Waals surface area contributed by atoms with Crippen LogP contribution in [0.1, 0.15) is 47.5 Å². The number of rotatable bonds is 4. The van der Waals surface area contributed by atoms with Crippen molar-refractivity contribution in [2.24, 2.45) is 11.3 Å². The maximum absolute atomic E-state index is 12.2. The molecule has 1 aliphatic rings. The standard InChI is InChI=1S/C16H28N2O3/c1-6-11(2)13(14(19)20)17-15(21)18-9-7-12(8-10-18)16(3,4)5/h7,11,13H,6,8-10H2,1-5H3,(H,17,21)(H,19,20)/t11-,13-/m0/s1.